The molecule has 1 aliphatic heterocycles. The van der Waals surface area contributed by atoms with Crippen LogP contribution in [0.2, 0.25) is 5.02 Å². The number of rotatable bonds is 4. The summed E-state index contributed by atoms with van der Waals surface area (Å²) in [5.41, 5.74) is 0.722. The monoisotopic (exact) mass is 401 g/mol. The zero-order valence-electron chi connectivity index (χ0n) is 14.8. The van der Waals surface area contributed by atoms with Crippen molar-refractivity contribution in [3.63, 3.8) is 0 Å². The van der Waals surface area contributed by atoms with Crippen molar-refractivity contribution in [1.82, 2.24) is 15.0 Å². The molecule has 144 valence electrons. The third kappa shape index (κ3) is 3.77. The fraction of sp³-hybridized carbons (Fsp3) is 0.263. The van der Waals surface area contributed by atoms with Crippen molar-refractivity contribution in [2.75, 3.05) is 13.2 Å². The zero-order valence-corrected chi connectivity index (χ0v) is 15.5. The molecule has 4 rings (SSSR count). The minimum Gasteiger partial charge on any atom is -0.489 e. The van der Waals surface area contributed by atoms with Gasteiger partial charge in [0.1, 0.15) is 18.7 Å². The van der Waals surface area contributed by atoms with E-state index in [1.54, 1.807) is 36.4 Å². The number of esters is 1. The van der Waals surface area contributed by atoms with Gasteiger partial charge in [0, 0.05) is 6.42 Å². The van der Waals surface area contributed by atoms with Crippen molar-refractivity contribution in [2.45, 2.75) is 19.6 Å². The highest BCUT2D eigenvalue weighted by atomic mass is 35.5. The lowest BCUT2D eigenvalue weighted by Crippen LogP contribution is -2.28. The highest BCUT2D eigenvalue weighted by molar-refractivity contribution is 6.32. The maximum absolute atomic E-state index is 12.4. The zero-order chi connectivity index (χ0) is 19.5. The van der Waals surface area contributed by atoms with Crippen LogP contribution in [0.15, 0.2) is 41.2 Å². The number of hydrogen-bond acceptors (Lipinski definition) is 7. The molecule has 0 radical (unpaired) electrons. The molecule has 0 unspecified atom stereocenters. The largest absolute Gasteiger partial charge is 0.489 e. The molecule has 9 heteroatoms. The number of nitrogens with zero attached hydrogens (tertiary/aromatic N) is 3. The molecule has 2 aromatic carbocycles. The van der Waals surface area contributed by atoms with E-state index in [0.717, 1.165) is 11.1 Å². The van der Waals surface area contributed by atoms with Gasteiger partial charge >= 0.3 is 5.97 Å². The van der Waals surface area contributed by atoms with Gasteiger partial charge in [-0.15, -0.1) is 5.10 Å². The van der Waals surface area contributed by atoms with E-state index >= 15 is 0 Å². The second kappa shape index (κ2) is 7.85. The molecule has 0 amide bonds. The lowest BCUT2D eigenvalue weighted by atomic mass is 10.2. The first-order chi connectivity index (χ1) is 13.6. The summed E-state index contributed by atoms with van der Waals surface area (Å²) in [5.74, 6) is 0.398. The van der Waals surface area contributed by atoms with E-state index in [1.807, 2.05) is 0 Å². The Morgan fingerprint density at radius 2 is 2.04 bits per heavy atom. The minimum absolute atomic E-state index is 0.0229. The van der Waals surface area contributed by atoms with E-state index in [4.69, 9.17) is 25.8 Å². The highest BCUT2D eigenvalue weighted by Gasteiger charge is 2.17. The summed E-state index contributed by atoms with van der Waals surface area (Å²) in [4.78, 5) is 24.5. The van der Waals surface area contributed by atoms with Gasteiger partial charge < -0.3 is 14.2 Å². The van der Waals surface area contributed by atoms with Crippen LogP contribution in [0.4, 0.5) is 0 Å². The summed E-state index contributed by atoms with van der Waals surface area (Å²) in [6, 6.07) is 10.2. The van der Waals surface area contributed by atoms with Crippen LogP contribution in [0.1, 0.15) is 12.0 Å². The summed E-state index contributed by atoms with van der Waals surface area (Å²) in [5, 5.41) is 8.50. The summed E-state index contributed by atoms with van der Waals surface area (Å²) in [6.07, 6.45) is 0.761. The van der Waals surface area contributed by atoms with Gasteiger partial charge in [0.2, 0.25) is 0 Å². The molecule has 0 N–H and O–H groups in total. The van der Waals surface area contributed by atoms with Crippen LogP contribution in [0, 0.1) is 0 Å². The van der Waals surface area contributed by atoms with E-state index in [-0.39, 0.29) is 13.2 Å². The van der Waals surface area contributed by atoms with Gasteiger partial charge in [-0.3, -0.25) is 9.59 Å². The van der Waals surface area contributed by atoms with Gasteiger partial charge in [0.25, 0.3) is 5.56 Å². The second-order valence-electron chi connectivity index (χ2n) is 6.19. The Bertz CT molecular complexity index is 1100. The Kier molecular flexibility index (Phi) is 5.12. The lowest BCUT2D eigenvalue weighted by Gasteiger charge is -2.12. The molecule has 8 nitrogen and oxygen atoms in total. The second-order valence-corrected chi connectivity index (χ2v) is 6.59. The maximum Gasteiger partial charge on any atom is 0.328 e. The fourth-order valence-corrected chi connectivity index (χ4v) is 3.11. The molecular formula is C19H16ClN3O5. The molecule has 0 spiro atoms. The van der Waals surface area contributed by atoms with Gasteiger partial charge in [-0.05, 0) is 29.8 Å². The quantitative estimate of drug-likeness (QED) is 0.619. The van der Waals surface area contributed by atoms with Gasteiger partial charge in [-0.25, -0.2) is 0 Å². The van der Waals surface area contributed by atoms with Crippen molar-refractivity contribution in [2.24, 2.45) is 0 Å². The number of ether oxygens (including phenoxy) is 3. The van der Waals surface area contributed by atoms with Crippen molar-refractivity contribution in [1.29, 1.82) is 0 Å². The van der Waals surface area contributed by atoms with Gasteiger partial charge in [-0.2, -0.15) is 4.68 Å². The number of aromatic nitrogens is 3. The molecule has 3 aromatic rings. The van der Waals surface area contributed by atoms with Crippen LogP contribution >= 0.6 is 11.6 Å². The lowest BCUT2D eigenvalue weighted by molar-refractivity contribution is -0.146. The predicted molar refractivity (Wildman–Crippen MR) is 101 cm³/mol. The third-order valence-electron chi connectivity index (χ3n) is 4.17. The first-order valence-electron chi connectivity index (χ1n) is 8.68. The molecule has 0 bridgehead atoms. The molecular weight excluding hydrogens is 386 g/mol. The summed E-state index contributed by atoms with van der Waals surface area (Å²) >= 11 is 6.23. The van der Waals surface area contributed by atoms with Crippen LogP contribution in [-0.2, 0) is 22.7 Å². The summed E-state index contributed by atoms with van der Waals surface area (Å²) in [7, 11) is 0. The molecule has 0 atom stereocenters. The van der Waals surface area contributed by atoms with Gasteiger partial charge in [-0.1, -0.05) is 28.9 Å². The molecule has 0 fully saturated rings. The first kappa shape index (κ1) is 18.2. The Hall–Kier alpha value is -3.13. The van der Waals surface area contributed by atoms with Crippen molar-refractivity contribution < 1.29 is 19.0 Å². The Morgan fingerprint density at radius 1 is 1.21 bits per heavy atom. The van der Waals surface area contributed by atoms with E-state index in [1.165, 1.54) is 0 Å². The van der Waals surface area contributed by atoms with Crippen molar-refractivity contribution in [3.05, 3.63) is 57.3 Å². The third-order valence-corrected chi connectivity index (χ3v) is 4.45. The molecule has 0 saturated heterocycles. The number of carbonyl (C=O) groups is 1. The Morgan fingerprint density at radius 3 is 2.93 bits per heavy atom. The predicted octanol–water partition coefficient (Wildman–Crippen LogP) is 2.35. The average molecular weight is 402 g/mol. The number of fused-ring (bicyclic) bond motifs is 2. The first-order valence-corrected chi connectivity index (χ1v) is 9.06. The standard InChI is InChI=1S/C19H16ClN3O5/c20-14-8-12(9-16-18(14)27-7-3-6-26-16)11-28-17(24)10-23-19(25)13-4-1-2-5-15(13)21-22-23/h1-2,4-5,8-9H,3,6-7,10-11H2. The minimum atomic E-state index is -0.616. The van der Waals surface area contributed by atoms with Gasteiger partial charge in [0.15, 0.2) is 11.5 Å². The number of hydrogen-bond donors (Lipinski definition) is 0. The molecule has 2 heterocycles. The van der Waals surface area contributed by atoms with Crippen LogP contribution in [-0.4, -0.2) is 34.2 Å². The van der Waals surface area contributed by atoms with E-state index in [2.05, 4.69) is 10.3 Å². The van der Waals surface area contributed by atoms with Crippen molar-refractivity contribution >= 4 is 28.5 Å². The van der Waals surface area contributed by atoms with E-state index < -0.39 is 11.5 Å². The van der Waals surface area contributed by atoms with Crippen LogP contribution in [0.5, 0.6) is 11.5 Å². The fourth-order valence-electron chi connectivity index (χ4n) is 2.83. The van der Waals surface area contributed by atoms with E-state index in [0.29, 0.717) is 46.2 Å². The Labute approximate surface area is 164 Å². The average Bonchev–Trinajstić information content (AvgIpc) is 2.95. The van der Waals surface area contributed by atoms with Crippen molar-refractivity contribution in [3.8, 4) is 11.5 Å². The molecule has 1 aromatic heterocycles. The van der Waals surface area contributed by atoms with Crippen LogP contribution in [0.3, 0.4) is 0 Å². The van der Waals surface area contributed by atoms with Gasteiger partial charge in [0.05, 0.1) is 23.6 Å². The van der Waals surface area contributed by atoms with Crippen LogP contribution in [0.25, 0.3) is 10.9 Å². The van der Waals surface area contributed by atoms with E-state index in [9.17, 15) is 9.59 Å². The topological polar surface area (TPSA) is 92.5 Å². The summed E-state index contributed by atoms with van der Waals surface area (Å²) in [6.45, 7) is 0.693. The normalized spacial score (nSPS) is 13.2. The number of halogens is 1. The SMILES string of the molecule is O=C(Cn1nnc2ccccc2c1=O)OCc1cc(Cl)c2c(c1)OCCCO2. The van der Waals surface area contributed by atoms with Crippen LogP contribution < -0.4 is 15.0 Å². The number of carbonyl (C=O) groups excluding carboxylic acids is 1. The molecule has 0 aliphatic carbocycles. The molecule has 1 aliphatic rings. The maximum atomic E-state index is 12.4. The number of benzene rings is 2. The summed E-state index contributed by atoms with van der Waals surface area (Å²) < 4.78 is 17.4. The Balaban J connectivity index is 1.45. The molecule has 28 heavy (non-hydrogen) atoms. The molecule has 0 saturated carbocycles. The highest BCUT2D eigenvalue weighted by Crippen LogP contribution is 2.38. The smallest absolute Gasteiger partial charge is 0.328 e.